The zero-order valence-corrected chi connectivity index (χ0v) is 21.5. The van der Waals surface area contributed by atoms with Crippen molar-refractivity contribution in [2.45, 2.75) is 51.6 Å². The Balaban J connectivity index is 1.54. The maximum absolute atomic E-state index is 12.9. The van der Waals surface area contributed by atoms with Crippen LogP contribution in [0.15, 0.2) is 77.7 Å². The van der Waals surface area contributed by atoms with Crippen LogP contribution in [0, 0.1) is 6.92 Å². The molecule has 0 spiro atoms. The number of carbonyl (C=O) groups excluding carboxylic acids is 1. The molecule has 1 amide bonds. The van der Waals surface area contributed by atoms with Crippen molar-refractivity contribution in [1.82, 2.24) is 9.88 Å². The van der Waals surface area contributed by atoms with Crippen LogP contribution in [0.25, 0.3) is 10.9 Å². The number of carbonyl (C=O) groups is 1. The topological polar surface area (TPSA) is 68.2 Å². The zero-order chi connectivity index (χ0) is 25.2. The predicted octanol–water partition coefficient (Wildman–Crippen LogP) is 5.85. The maximum Gasteiger partial charge on any atom is 0.251 e. The molecule has 182 valence electrons. The van der Waals surface area contributed by atoms with E-state index in [0.717, 1.165) is 22.9 Å². The van der Waals surface area contributed by atoms with Gasteiger partial charge in [-0.25, -0.2) is 8.42 Å². The molecule has 0 fully saturated rings. The Morgan fingerprint density at radius 2 is 1.69 bits per heavy atom. The van der Waals surface area contributed by atoms with Gasteiger partial charge in [0, 0.05) is 41.2 Å². The van der Waals surface area contributed by atoms with E-state index >= 15 is 0 Å². The van der Waals surface area contributed by atoms with Crippen LogP contribution < -0.4 is 5.32 Å². The molecule has 0 unspecified atom stereocenters. The van der Waals surface area contributed by atoms with Gasteiger partial charge in [-0.1, -0.05) is 43.3 Å². The number of rotatable bonds is 8. The molecular formula is C29H32N2O3S. The molecule has 35 heavy (non-hydrogen) atoms. The second-order valence-electron chi connectivity index (χ2n) is 9.21. The second-order valence-corrected chi connectivity index (χ2v) is 11.5. The van der Waals surface area contributed by atoms with Crippen molar-refractivity contribution in [3.8, 4) is 0 Å². The number of nitrogens with zero attached hydrogens (tertiary/aromatic N) is 1. The third-order valence-electron chi connectivity index (χ3n) is 6.45. The van der Waals surface area contributed by atoms with Crippen LogP contribution in [-0.2, 0) is 22.8 Å². The summed E-state index contributed by atoms with van der Waals surface area (Å²) in [4.78, 5) is 13.2. The molecule has 6 heteroatoms. The third kappa shape index (κ3) is 5.33. The summed E-state index contributed by atoms with van der Waals surface area (Å²) >= 11 is 0. The van der Waals surface area contributed by atoms with Crippen LogP contribution in [0.2, 0.25) is 0 Å². The number of sulfone groups is 1. The van der Waals surface area contributed by atoms with Crippen molar-refractivity contribution in [3.63, 3.8) is 0 Å². The zero-order valence-electron chi connectivity index (χ0n) is 20.7. The summed E-state index contributed by atoms with van der Waals surface area (Å²) < 4.78 is 26.3. The van der Waals surface area contributed by atoms with Crippen molar-refractivity contribution in [1.29, 1.82) is 0 Å². The largest absolute Gasteiger partial charge is 0.348 e. The summed E-state index contributed by atoms with van der Waals surface area (Å²) in [6, 6.07) is 23.4. The lowest BCUT2D eigenvalue weighted by molar-refractivity contribution is 0.0951. The first-order valence-electron chi connectivity index (χ1n) is 12.0. The number of aryl methyl sites for hydroxylation is 1. The molecule has 0 aliphatic rings. The quantitative estimate of drug-likeness (QED) is 0.339. The minimum atomic E-state index is -3.23. The fourth-order valence-corrected chi connectivity index (χ4v) is 5.33. The Labute approximate surface area is 207 Å². The minimum absolute atomic E-state index is 0.0662. The minimum Gasteiger partial charge on any atom is -0.348 e. The lowest BCUT2D eigenvalue weighted by Crippen LogP contribution is -2.22. The van der Waals surface area contributed by atoms with Gasteiger partial charge in [0.15, 0.2) is 9.84 Å². The third-order valence-corrected chi connectivity index (χ3v) is 8.20. The van der Waals surface area contributed by atoms with E-state index in [0.29, 0.717) is 23.0 Å². The fraction of sp³-hybridized carbons (Fsp3) is 0.276. The lowest BCUT2D eigenvalue weighted by Gasteiger charge is -2.16. The summed E-state index contributed by atoms with van der Waals surface area (Å²) in [7, 11) is -3.23. The van der Waals surface area contributed by atoms with Gasteiger partial charge in [0.1, 0.15) is 0 Å². The van der Waals surface area contributed by atoms with Crippen molar-refractivity contribution in [3.05, 3.63) is 101 Å². The van der Waals surface area contributed by atoms with Crippen LogP contribution in [-0.4, -0.2) is 24.6 Å². The van der Waals surface area contributed by atoms with Gasteiger partial charge in [-0.05, 0) is 73.9 Å². The summed E-state index contributed by atoms with van der Waals surface area (Å²) in [6.45, 7) is 8.45. The van der Waals surface area contributed by atoms with Gasteiger partial charge in [0.25, 0.3) is 5.91 Å². The Bertz CT molecular complexity index is 1470. The van der Waals surface area contributed by atoms with Crippen LogP contribution in [0.4, 0.5) is 0 Å². The van der Waals surface area contributed by atoms with Gasteiger partial charge >= 0.3 is 0 Å². The van der Waals surface area contributed by atoms with Gasteiger partial charge in [0.2, 0.25) is 0 Å². The first-order valence-corrected chi connectivity index (χ1v) is 13.6. The van der Waals surface area contributed by atoms with E-state index in [-0.39, 0.29) is 11.7 Å². The standard InChI is InChI=1S/C29H32N2O3S/c1-5-35(33,34)27-13-10-22(11-14-27)19-30-29(32)24-12-15-28-25(16-24)18-26(31(28)20(2)3)17-23-9-7-6-8-21(23)4/h6-16,18,20H,5,17,19H2,1-4H3,(H,30,32). The smallest absolute Gasteiger partial charge is 0.251 e. The molecule has 1 heterocycles. The highest BCUT2D eigenvalue weighted by Crippen LogP contribution is 2.27. The van der Waals surface area contributed by atoms with E-state index in [2.05, 4.69) is 61.0 Å². The number of aromatic nitrogens is 1. The number of fused-ring (bicyclic) bond motifs is 1. The SMILES string of the molecule is CCS(=O)(=O)c1ccc(CNC(=O)c2ccc3c(c2)cc(Cc2ccccc2C)n3C(C)C)cc1. The van der Waals surface area contributed by atoms with Gasteiger partial charge < -0.3 is 9.88 Å². The number of hydrogen-bond donors (Lipinski definition) is 1. The highest BCUT2D eigenvalue weighted by atomic mass is 32.2. The number of hydrogen-bond acceptors (Lipinski definition) is 3. The molecule has 4 rings (SSSR count). The monoisotopic (exact) mass is 488 g/mol. The first kappa shape index (κ1) is 24.7. The highest BCUT2D eigenvalue weighted by molar-refractivity contribution is 7.91. The molecule has 0 aliphatic carbocycles. The van der Waals surface area contributed by atoms with Gasteiger partial charge in [0.05, 0.1) is 10.6 Å². The Kier molecular flexibility index (Phi) is 7.13. The molecular weight excluding hydrogens is 456 g/mol. The highest BCUT2D eigenvalue weighted by Gasteiger charge is 2.15. The van der Waals surface area contributed by atoms with Crippen molar-refractivity contribution in [2.24, 2.45) is 0 Å². The predicted molar refractivity (Wildman–Crippen MR) is 142 cm³/mol. The van der Waals surface area contributed by atoms with Crippen molar-refractivity contribution < 1.29 is 13.2 Å². The number of benzene rings is 3. The maximum atomic E-state index is 12.9. The summed E-state index contributed by atoms with van der Waals surface area (Å²) in [6.07, 6.45) is 0.838. The molecule has 0 aliphatic heterocycles. The molecule has 0 atom stereocenters. The first-order chi connectivity index (χ1) is 16.7. The van der Waals surface area contributed by atoms with Crippen molar-refractivity contribution in [2.75, 3.05) is 5.75 Å². The number of nitrogens with one attached hydrogen (secondary N) is 1. The summed E-state index contributed by atoms with van der Waals surface area (Å²) in [5.74, 6) is -0.0913. The van der Waals surface area contributed by atoms with E-state index < -0.39 is 9.84 Å². The average Bonchev–Trinajstić information content (AvgIpc) is 3.21. The van der Waals surface area contributed by atoms with Crippen LogP contribution in [0.5, 0.6) is 0 Å². The number of amides is 1. The van der Waals surface area contributed by atoms with E-state index in [4.69, 9.17) is 0 Å². The second kappa shape index (κ2) is 10.1. The Morgan fingerprint density at radius 1 is 0.971 bits per heavy atom. The molecule has 5 nitrogen and oxygen atoms in total. The van der Waals surface area contributed by atoms with Gasteiger partial charge in [-0.3, -0.25) is 4.79 Å². The van der Waals surface area contributed by atoms with Crippen LogP contribution >= 0.6 is 0 Å². The molecule has 0 saturated carbocycles. The van der Waals surface area contributed by atoms with Crippen molar-refractivity contribution >= 4 is 26.6 Å². The van der Waals surface area contributed by atoms with E-state index in [9.17, 15) is 13.2 Å². The van der Waals surface area contributed by atoms with E-state index in [1.165, 1.54) is 16.8 Å². The molecule has 3 aromatic carbocycles. The normalized spacial score (nSPS) is 11.8. The van der Waals surface area contributed by atoms with E-state index in [1.807, 2.05) is 18.2 Å². The molecule has 1 N–H and O–H groups in total. The average molecular weight is 489 g/mol. The van der Waals surface area contributed by atoms with E-state index in [1.54, 1.807) is 31.2 Å². The van der Waals surface area contributed by atoms with Gasteiger partial charge in [-0.2, -0.15) is 0 Å². The van der Waals surface area contributed by atoms with Crippen LogP contribution in [0.3, 0.4) is 0 Å². The molecule has 4 aromatic rings. The molecule has 0 saturated heterocycles. The lowest BCUT2D eigenvalue weighted by atomic mass is 10.0. The molecule has 0 radical (unpaired) electrons. The van der Waals surface area contributed by atoms with Crippen LogP contribution in [0.1, 0.15) is 59.6 Å². The summed E-state index contributed by atoms with van der Waals surface area (Å²) in [5.41, 5.74) is 6.37. The molecule has 0 bridgehead atoms. The fourth-order valence-electron chi connectivity index (χ4n) is 4.45. The summed E-state index contributed by atoms with van der Waals surface area (Å²) in [5, 5.41) is 3.99. The molecule has 1 aromatic heterocycles. The Hall–Kier alpha value is -3.38. The van der Waals surface area contributed by atoms with Gasteiger partial charge in [-0.15, -0.1) is 0 Å². The Morgan fingerprint density at radius 3 is 2.34 bits per heavy atom.